The van der Waals surface area contributed by atoms with E-state index in [1.165, 1.54) is 10.6 Å². The Labute approximate surface area is 161 Å². The van der Waals surface area contributed by atoms with Gasteiger partial charge in [0.15, 0.2) is 0 Å². The zero-order valence-electron chi connectivity index (χ0n) is 15.8. The maximum atomic E-state index is 13.2. The summed E-state index contributed by atoms with van der Waals surface area (Å²) in [7, 11) is 1.82. The second kappa shape index (κ2) is 6.45. The minimum Gasteiger partial charge on any atom is -0.508 e. The van der Waals surface area contributed by atoms with Gasteiger partial charge in [-0.15, -0.1) is 0 Å². The Kier molecular flexibility index (Phi) is 4.07. The lowest BCUT2D eigenvalue weighted by molar-refractivity contribution is 0.0959. The van der Waals surface area contributed by atoms with E-state index in [-0.39, 0.29) is 17.1 Å². The molecule has 0 aliphatic carbocycles. The van der Waals surface area contributed by atoms with Gasteiger partial charge in [-0.2, -0.15) is 5.10 Å². The Bertz CT molecular complexity index is 1190. The molecular formula is C21H20N4O3. The summed E-state index contributed by atoms with van der Waals surface area (Å²) >= 11 is 0. The van der Waals surface area contributed by atoms with Crippen molar-refractivity contribution in [3.05, 3.63) is 65.7 Å². The molecule has 0 aliphatic rings. The number of hydrogen-bond donors (Lipinski definition) is 3. The van der Waals surface area contributed by atoms with Crippen LogP contribution in [-0.2, 0) is 7.05 Å². The summed E-state index contributed by atoms with van der Waals surface area (Å²) in [6, 6.07) is 10.2. The summed E-state index contributed by atoms with van der Waals surface area (Å²) in [5, 5.41) is 29.8. The van der Waals surface area contributed by atoms with Crippen molar-refractivity contribution in [1.29, 1.82) is 0 Å². The summed E-state index contributed by atoms with van der Waals surface area (Å²) < 4.78 is 3.16. The minimum atomic E-state index is -0.407. The predicted molar refractivity (Wildman–Crippen MR) is 107 cm³/mol. The number of aryl methyl sites for hydroxylation is 2. The number of nitrogens with one attached hydrogen (secondary N) is 1. The third-order valence-corrected chi connectivity index (χ3v) is 4.87. The van der Waals surface area contributed by atoms with Gasteiger partial charge in [0, 0.05) is 31.6 Å². The van der Waals surface area contributed by atoms with Gasteiger partial charge in [-0.3, -0.25) is 14.0 Å². The molecule has 28 heavy (non-hydrogen) atoms. The van der Waals surface area contributed by atoms with Crippen LogP contribution in [-0.4, -0.2) is 30.5 Å². The summed E-state index contributed by atoms with van der Waals surface area (Å²) in [6.45, 7) is 3.74. The van der Waals surface area contributed by atoms with E-state index >= 15 is 0 Å². The molecule has 0 saturated carbocycles. The number of aromatic hydroxyl groups is 2. The van der Waals surface area contributed by atoms with Crippen LogP contribution in [0.1, 0.15) is 21.7 Å². The molecule has 4 rings (SSSR count). The lowest BCUT2D eigenvalue weighted by atomic mass is 10.1. The molecule has 2 heterocycles. The molecule has 7 heteroatoms. The fourth-order valence-corrected chi connectivity index (χ4v) is 3.35. The van der Waals surface area contributed by atoms with Crippen LogP contribution in [0.3, 0.4) is 0 Å². The molecule has 0 spiro atoms. The summed E-state index contributed by atoms with van der Waals surface area (Å²) in [5.74, 6) is -0.853. The molecule has 142 valence electrons. The Morgan fingerprint density at radius 3 is 2.29 bits per heavy atom. The molecule has 2 aromatic carbocycles. The van der Waals surface area contributed by atoms with Crippen molar-refractivity contribution < 1.29 is 15.0 Å². The van der Waals surface area contributed by atoms with Crippen molar-refractivity contribution in [3.8, 4) is 11.5 Å². The van der Waals surface area contributed by atoms with Crippen LogP contribution in [0.4, 0.5) is 11.4 Å². The number of phenols is 2. The molecule has 7 nitrogen and oxygen atoms in total. The van der Waals surface area contributed by atoms with Crippen molar-refractivity contribution >= 4 is 28.1 Å². The van der Waals surface area contributed by atoms with E-state index in [1.54, 1.807) is 17.1 Å². The quantitative estimate of drug-likeness (QED) is 0.505. The normalized spacial score (nSPS) is 11.1. The van der Waals surface area contributed by atoms with Crippen molar-refractivity contribution in [2.45, 2.75) is 13.8 Å². The molecule has 4 aromatic rings. The standard InChI is InChI=1S/C21H20N4O3/c1-12-20(13(2)24(3)23-12)22-17-8-16(26)9-18(27)19(17)21(28)25-10-14-6-4-5-7-15(14)11-25/h4-11,22,26-27H,1-3H3. The second-order valence-electron chi connectivity index (χ2n) is 6.78. The number of benzene rings is 2. The molecule has 3 N–H and O–H groups in total. The number of nitrogens with zero attached hydrogens (tertiary/aromatic N) is 3. The van der Waals surface area contributed by atoms with E-state index in [1.807, 2.05) is 45.2 Å². The Hall–Kier alpha value is -3.74. The number of rotatable bonds is 3. The molecule has 0 bridgehead atoms. The number of carbonyl (C=O) groups excluding carboxylic acids is 1. The number of hydrogen-bond acceptors (Lipinski definition) is 5. The lowest BCUT2D eigenvalue weighted by Gasteiger charge is -2.14. The smallest absolute Gasteiger partial charge is 0.267 e. The molecule has 0 unspecified atom stereocenters. The maximum Gasteiger partial charge on any atom is 0.267 e. The van der Waals surface area contributed by atoms with Crippen LogP contribution in [0.25, 0.3) is 10.8 Å². The van der Waals surface area contributed by atoms with Gasteiger partial charge in [-0.25, -0.2) is 0 Å². The first-order valence-corrected chi connectivity index (χ1v) is 8.80. The van der Waals surface area contributed by atoms with Crippen LogP contribution in [0, 0.1) is 13.8 Å². The van der Waals surface area contributed by atoms with Gasteiger partial charge in [0.25, 0.3) is 5.91 Å². The third-order valence-electron chi connectivity index (χ3n) is 4.87. The number of anilines is 2. The van der Waals surface area contributed by atoms with Gasteiger partial charge >= 0.3 is 0 Å². The lowest BCUT2D eigenvalue weighted by Crippen LogP contribution is -2.12. The van der Waals surface area contributed by atoms with Gasteiger partial charge in [0.05, 0.1) is 22.8 Å². The molecule has 2 aromatic heterocycles. The van der Waals surface area contributed by atoms with Crippen LogP contribution in [0.15, 0.2) is 48.8 Å². The summed E-state index contributed by atoms with van der Waals surface area (Å²) in [6.07, 6.45) is 3.43. The number of phenolic OH excluding ortho intramolecular Hbond substituents is 2. The highest BCUT2D eigenvalue weighted by Crippen LogP contribution is 2.35. The first-order valence-electron chi connectivity index (χ1n) is 8.80. The van der Waals surface area contributed by atoms with Gasteiger partial charge in [0.1, 0.15) is 17.1 Å². The zero-order chi connectivity index (χ0) is 20.0. The molecule has 0 saturated heterocycles. The Morgan fingerprint density at radius 2 is 1.71 bits per heavy atom. The highest BCUT2D eigenvalue weighted by Gasteiger charge is 2.22. The Balaban J connectivity index is 1.83. The largest absolute Gasteiger partial charge is 0.508 e. The van der Waals surface area contributed by atoms with E-state index in [0.29, 0.717) is 5.69 Å². The number of carbonyl (C=O) groups is 1. The van der Waals surface area contributed by atoms with E-state index < -0.39 is 5.91 Å². The van der Waals surface area contributed by atoms with Crippen LogP contribution in [0.5, 0.6) is 11.5 Å². The van der Waals surface area contributed by atoms with Crippen molar-refractivity contribution in [2.24, 2.45) is 7.05 Å². The van der Waals surface area contributed by atoms with Crippen molar-refractivity contribution in [3.63, 3.8) is 0 Å². The molecular weight excluding hydrogens is 356 g/mol. The molecule has 0 radical (unpaired) electrons. The molecule has 0 atom stereocenters. The predicted octanol–water partition coefficient (Wildman–Crippen LogP) is 3.83. The van der Waals surface area contributed by atoms with Crippen LogP contribution in [0.2, 0.25) is 0 Å². The molecule has 0 amide bonds. The van der Waals surface area contributed by atoms with Gasteiger partial charge in [0.2, 0.25) is 0 Å². The van der Waals surface area contributed by atoms with Gasteiger partial charge in [-0.1, -0.05) is 24.3 Å². The average Bonchev–Trinajstić information content (AvgIpc) is 3.17. The minimum absolute atomic E-state index is 0.0701. The summed E-state index contributed by atoms with van der Waals surface area (Å²) in [5.41, 5.74) is 2.71. The van der Waals surface area contributed by atoms with Crippen molar-refractivity contribution in [1.82, 2.24) is 14.3 Å². The molecule has 0 fully saturated rings. The number of aromatic nitrogens is 3. The van der Waals surface area contributed by atoms with E-state index in [4.69, 9.17) is 0 Å². The molecule has 0 aliphatic heterocycles. The fourth-order valence-electron chi connectivity index (χ4n) is 3.35. The van der Waals surface area contributed by atoms with E-state index in [0.717, 1.165) is 33.9 Å². The second-order valence-corrected chi connectivity index (χ2v) is 6.78. The van der Waals surface area contributed by atoms with E-state index in [2.05, 4.69) is 10.4 Å². The SMILES string of the molecule is Cc1nn(C)c(C)c1Nc1cc(O)cc(O)c1C(=O)n1cc2ccccc2c1. The van der Waals surface area contributed by atoms with Crippen LogP contribution >= 0.6 is 0 Å². The zero-order valence-corrected chi connectivity index (χ0v) is 15.8. The first-order chi connectivity index (χ1) is 13.3. The third kappa shape index (κ3) is 2.87. The topological polar surface area (TPSA) is 92.3 Å². The fraction of sp³-hybridized carbons (Fsp3) is 0.143. The average molecular weight is 376 g/mol. The maximum absolute atomic E-state index is 13.2. The van der Waals surface area contributed by atoms with Gasteiger partial charge < -0.3 is 15.5 Å². The van der Waals surface area contributed by atoms with Crippen LogP contribution < -0.4 is 5.32 Å². The highest BCUT2D eigenvalue weighted by atomic mass is 16.3. The summed E-state index contributed by atoms with van der Waals surface area (Å²) in [4.78, 5) is 13.2. The Morgan fingerprint density at radius 1 is 1.07 bits per heavy atom. The monoisotopic (exact) mass is 376 g/mol. The highest BCUT2D eigenvalue weighted by molar-refractivity contribution is 6.06. The van der Waals surface area contributed by atoms with Crippen molar-refractivity contribution in [2.75, 3.05) is 5.32 Å². The van der Waals surface area contributed by atoms with Gasteiger partial charge in [-0.05, 0) is 24.6 Å². The first kappa shape index (κ1) is 17.7. The van der Waals surface area contributed by atoms with E-state index in [9.17, 15) is 15.0 Å². The number of fused-ring (bicyclic) bond motifs is 1.